The molecule has 1 unspecified atom stereocenters. The second-order valence-corrected chi connectivity index (χ2v) is 6.61. The number of hydrogen-bond donors (Lipinski definition) is 2. The van der Waals surface area contributed by atoms with Crippen molar-refractivity contribution in [3.05, 3.63) is 0 Å². The van der Waals surface area contributed by atoms with Crippen molar-refractivity contribution in [3.8, 4) is 0 Å². The van der Waals surface area contributed by atoms with E-state index in [0.29, 0.717) is 25.5 Å². The van der Waals surface area contributed by atoms with Gasteiger partial charge in [-0.25, -0.2) is 4.79 Å². The first-order chi connectivity index (χ1) is 10.6. The summed E-state index contributed by atoms with van der Waals surface area (Å²) in [4.78, 5) is 11.4. The molecule has 0 heterocycles. The van der Waals surface area contributed by atoms with Crippen molar-refractivity contribution < 1.29 is 14.6 Å². The van der Waals surface area contributed by atoms with E-state index in [2.05, 4.69) is 26.1 Å². The Labute approximate surface area is 137 Å². The van der Waals surface area contributed by atoms with Gasteiger partial charge in [-0.1, -0.05) is 59.3 Å². The predicted molar refractivity (Wildman–Crippen MR) is 92.0 cm³/mol. The Kier molecular flexibility index (Phi) is 14.6. The molecule has 0 aliphatic heterocycles. The van der Waals surface area contributed by atoms with E-state index in [1.54, 1.807) is 0 Å². The van der Waals surface area contributed by atoms with Gasteiger partial charge in [0.15, 0.2) is 0 Å². The molecule has 22 heavy (non-hydrogen) atoms. The molecule has 0 saturated carbocycles. The third-order valence-corrected chi connectivity index (χ3v) is 3.71. The Bertz CT molecular complexity index is 257. The van der Waals surface area contributed by atoms with Crippen molar-refractivity contribution in [2.45, 2.75) is 91.1 Å². The minimum absolute atomic E-state index is 0.278. The molecule has 4 nitrogen and oxygen atoms in total. The minimum Gasteiger partial charge on any atom is -0.450 e. The van der Waals surface area contributed by atoms with Crippen LogP contribution in [-0.4, -0.2) is 30.5 Å². The Morgan fingerprint density at radius 3 is 2.32 bits per heavy atom. The van der Waals surface area contributed by atoms with E-state index in [1.807, 2.05) is 0 Å². The number of hydrogen-bond acceptors (Lipinski definition) is 3. The van der Waals surface area contributed by atoms with Crippen LogP contribution in [0.3, 0.4) is 0 Å². The summed E-state index contributed by atoms with van der Waals surface area (Å²) in [7, 11) is 0. The molecule has 0 saturated heterocycles. The van der Waals surface area contributed by atoms with Gasteiger partial charge in [0.1, 0.15) is 0 Å². The number of ether oxygens (including phenoxy) is 1. The van der Waals surface area contributed by atoms with E-state index < -0.39 is 0 Å². The van der Waals surface area contributed by atoms with Crippen molar-refractivity contribution in [1.29, 1.82) is 0 Å². The quantitative estimate of drug-likeness (QED) is 0.459. The van der Waals surface area contributed by atoms with Crippen molar-refractivity contribution in [2.24, 2.45) is 5.92 Å². The van der Waals surface area contributed by atoms with E-state index in [9.17, 15) is 9.90 Å². The van der Waals surface area contributed by atoms with Gasteiger partial charge >= 0.3 is 6.09 Å². The molecule has 0 aliphatic rings. The molecule has 0 aromatic rings. The lowest BCUT2D eigenvalue weighted by molar-refractivity contribution is 0.113. The van der Waals surface area contributed by atoms with Crippen LogP contribution < -0.4 is 5.32 Å². The van der Waals surface area contributed by atoms with Crippen molar-refractivity contribution in [3.63, 3.8) is 0 Å². The molecular formula is C18H37NO3. The number of unbranched alkanes of at least 4 members (excludes halogenated alkanes) is 6. The Balaban J connectivity index is 3.29. The maximum atomic E-state index is 11.4. The molecule has 0 bridgehead atoms. The van der Waals surface area contributed by atoms with Gasteiger partial charge in [0.05, 0.1) is 12.7 Å². The van der Waals surface area contributed by atoms with E-state index >= 15 is 0 Å². The zero-order valence-electron chi connectivity index (χ0n) is 14.9. The summed E-state index contributed by atoms with van der Waals surface area (Å²) < 4.78 is 5.10. The first-order valence-electron chi connectivity index (χ1n) is 9.15. The van der Waals surface area contributed by atoms with Gasteiger partial charge in [-0.2, -0.15) is 0 Å². The van der Waals surface area contributed by atoms with Gasteiger partial charge in [-0.15, -0.1) is 0 Å². The lowest BCUT2D eigenvalue weighted by Crippen LogP contribution is -2.26. The largest absolute Gasteiger partial charge is 0.450 e. The Hall–Kier alpha value is -0.770. The van der Waals surface area contributed by atoms with E-state index in [0.717, 1.165) is 19.3 Å². The minimum atomic E-state index is -0.329. The highest BCUT2D eigenvalue weighted by atomic mass is 16.5. The monoisotopic (exact) mass is 315 g/mol. The van der Waals surface area contributed by atoms with Crippen LogP contribution in [0.15, 0.2) is 0 Å². The normalized spacial score (nSPS) is 12.4. The molecule has 0 rings (SSSR count). The fourth-order valence-corrected chi connectivity index (χ4v) is 2.47. The zero-order chi connectivity index (χ0) is 16.6. The maximum absolute atomic E-state index is 11.4. The smallest absolute Gasteiger partial charge is 0.407 e. The molecule has 0 aromatic heterocycles. The van der Waals surface area contributed by atoms with Crippen LogP contribution in [0.5, 0.6) is 0 Å². The fourth-order valence-electron chi connectivity index (χ4n) is 2.47. The highest BCUT2D eigenvalue weighted by Crippen LogP contribution is 2.09. The van der Waals surface area contributed by atoms with Crippen molar-refractivity contribution in [1.82, 2.24) is 5.32 Å². The van der Waals surface area contributed by atoms with Gasteiger partial charge in [-0.3, -0.25) is 0 Å². The molecule has 0 aromatic carbocycles. The Morgan fingerprint density at radius 1 is 1.05 bits per heavy atom. The number of carbonyl (C=O) groups is 1. The molecule has 0 radical (unpaired) electrons. The number of nitrogens with one attached hydrogen (secondary N) is 1. The topological polar surface area (TPSA) is 58.6 Å². The lowest BCUT2D eigenvalue weighted by atomic mass is 10.0. The molecule has 0 fully saturated rings. The SMILES string of the molecule is CCCCCCCCCNC(=O)OCCCC(O)CC(C)C. The van der Waals surface area contributed by atoms with Gasteiger partial charge < -0.3 is 15.2 Å². The first-order valence-corrected chi connectivity index (χ1v) is 9.15. The predicted octanol–water partition coefficient (Wildman–Crippen LogP) is 4.65. The van der Waals surface area contributed by atoms with Crippen LogP contribution in [0.4, 0.5) is 4.79 Å². The van der Waals surface area contributed by atoms with Gasteiger partial charge in [0.2, 0.25) is 0 Å². The third-order valence-electron chi connectivity index (χ3n) is 3.71. The molecule has 0 spiro atoms. The highest BCUT2D eigenvalue weighted by Gasteiger charge is 2.07. The molecule has 1 atom stereocenters. The molecular weight excluding hydrogens is 278 g/mol. The van der Waals surface area contributed by atoms with Crippen LogP contribution >= 0.6 is 0 Å². The number of aliphatic hydroxyl groups is 1. The summed E-state index contributed by atoms with van der Waals surface area (Å²) in [5.74, 6) is 0.501. The average molecular weight is 315 g/mol. The van der Waals surface area contributed by atoms with Crippen LogP contribution in [0, 0.1) is 5.92 Å². The van der Waals surface area contributed by atoms with Crippen LogP contribution in [0.2, 0.25) is 0 Å². The molecule has 4 heteroatoms. The third kappa shape index (κ3) is 15.6. The average Bonchev–Trinajstić information content (AvgIpc) is 2.45. The van der Waals surface area contributed by atoms with Gasteiger partial charge in [0, 0.05) is 6.54 Å². The van der Waals surface area contributed by atoms with Crippen LogP contribution in [-0.2, 0) is 4.74 Å². The zero-order valence-corrected chi connectivity index (χ0v) is 14.9. The highest BCUT2D eigenvalue weighted by molar-refractivity contribution is 5.66. The fraction of sp³-hybridized carbons (Fsp3) is 0.944. The first kappa shape index (κ1) is 21.2. The van der Waals surface area contributed by atoms with Gasteiger partial charge in [0.25, 0.3) is 0 Å². The molecule has 2 N–H and O–H groups in total. The Morgan fingerprint density at radius 2 is 1.68 bits per heavy atom. The maximum Gasteiger partial charge on any atom is 0.407 e. The van der Waals surface area contributed by atoms with E-state index in [-0.39, 0.29) is 12.2 Å². The summed E-state index contributed by atoms with van der Waals surface area (Å²) in [6.07, 6.45) is 10.3. The molecule has 132 valence electrons. The van der Waals surface area contributed by atoms with Crippen LogP contribution in [0.25, 0.3) is 0 Å². The number of amides is 1. The van der Waals surface area contributed by atoms with Crippen molar-refractivity contribution in [2.75, 3.05) is 13.2 Å². The number of carbonyl (C=O) groups excluding carboxylic acids is 1. The lowest BCUT2D eigenvalue weighted by Gasteiger charge is -2.12. The summed E-state index contributed by atoms with van der Waals surface area (Å²) in [6, 6.07) is 0. The molecule has 1 amide bonds. The second-order valence-electron chi connectivity index (χ2n) is 6.61. The summed E-state index contributed by atoms with van der Waals surface area (Å²) in [6.45, 7) is 7.50. The van der Waals surface area contributed by atoms with E-state index in [4.69, 9.17) is 4.74 Å². The summed E-state index contributed by atoms with van der Waals surface area (Å²) in [5, 5.41) is 12.5. The number of rotatable bonds is 14. The van der Waals surface area contributed by atoms with Crippen molar-refractivity contribution >= 4 is 6.09 Å². The second kappa shape index (κ2) is 15.1. The number of aliphatic hydroxyl groups excluding tert-OH is 1. The summed E-state index contributed by atoms with van der Waals surface area (Å²) in [5.41, 5.74) is 0. The standard InChI is InChI=1S/C18H37NO3/c1-4-5-6-7-8-9-10-13-19-18(21)22-14-11-12-17(20)15-16(2)3/h16-17,20H,4-15H2,1-3H3,(H,19,21). The molecule has 0 aliphatic carbocycles. The van der Waals surface area contributed by atoms with Crippen LogP contribution in [0.1, 0.15) is 85.0 Å². The van der Waals surface area contributed by atoms with Gasteiger partial charge in [-0.05, 0) is 31.6 Å². The number of alkyl carbamates (subject to hydrolysis) is 1. The van der Waals surface area contributed by atoms with E-state index in [1.165, 1.54) is 38.5 Å². The summed E-state index contributed by atoms with van der Waals surface area (Å²) >= 11 is 0.